The highest BCUT2D eigenvalue weighted by atomic mass is 19.1. The number of methoxy groups -OCH3 is 2. The minimum absolute atomic E-state index is 0.0984. The zero-order valence-corrected chi connectivity index (χ0v) is 18.5. The maximum atomic E-state index is 13.3. The minimum Gasteiger partial charge on any atom is -0.493 e. The van der Waals surface area contributed by atoms with E-state index in [0.29, 0.717) is 35.2 Å². The first-order valence-electron chi connectivity index (χ1n) is 10.6. The molecular formula is C24H25FN4O4. The number of nitrogens with zero attached hydrogens (tertiary/aromatic N) is 3. The number of benzene rings is 2. The maximum Gasteiger partial charge on any atom is 0.271 e. The van der Waals surface area contributed by atoms with Gasteiger partial charge in [-0.1, -0.05) is 0 Å². The van der Waals surface area contributed by atoms with Crippen LogP contribution in [0.3, 0.4) is 0 Å². The summed E-state index contributed by atoms with van der Waals surface area (Å²) in [5.41, 5.74) is 0.783. The van der Waals surface area contributed by atoms with Crippen molar-refractivity contribution in [3.63, 3.8) is 0 Å². The van der Waals surface area contributed by atoms with Crippen molar-refractivity contribution in [1.29, 1.82) is 0 Å². The molecule has 2 heterocycles. The van der Waals surface area contributed by atoms with Gasteiger partial charge in [0, 0.05) is 30.9 Å². The number of nitrogens with one attached hydrogen (secondary N) is 1. The van der Waals surface area contributed by atoms with E-state index >= 15 is 0 Å². The number of ether oxygens (including phenoxy) is 2. The molecule has 8 nitrogen and oxygen atoms in total. The molecule has 1 saturated heterocycles. The molecule has 1 amide bonds. The van der Waals surface area contributed by atoms with Crippen LogP contribution in [-0.2, 0) is 4.79 Å². The largest absolute Gasteiger partial charge is 0.493 e. The van der Waals surface area contributed by atoms with Crippen molar-refractivity contribution in [1.82, 2.24) is 9.78 Å². The molecule has 4 rings (SSSR count). The van der Waals surface area contributed by atoms with Gasteiger partial charge in [0.05, 0.1) is 25.8 Å². The van der Waals surface area contributed by atoms with Gasteiger partial charge in [-0.05, 0) is 55.3 Å². The highest BCUT2D eigenvalue weighted by molar-refractivity contribution is 5.93. The standard InChI is InChI=1S/C24H25FN4O4/c1-32-20-10-7-18(14-21(20)33-2)26-24(31)16-4-3-13-28(15-16)22-11-12-23(30)29(27-22)19-8-5-17(25)6-9-19/h5-12,14,16H,3-4,13,15H2,1-2H3,(H,26,31)/t16-/m0/s1. The molecule has 0 saturated carbocycles. The molecular weight excluding hydrogens is 427 g/mol. The average Bonchev–Trinajstić information content (AvgIpc) is 2.85. The molecule has 2 aromatic carbocycles. The van der Waals surface area contributed by atoms with E-state index < -0.39 is 0 Å². The Morgan fingerprint density at radius 3 is 2.55 bits per heavy atom. The number of amides is 1. The first-order valence-corrected chi connectivity index (χ1v) is 10.6. The third-order valence-corrected chi connectivity index (χ3v) is 5.62. The summed E-state index contributed by atoms with van der Waals surface area (Å²) in [5.74, 6) is 0.970. The van der Waals surface area contributed by atoms with Crippen molar-refractivity contribution in [3.05, 3.63) is 70.8 Å². The van der Waals surface area contributed by atoms with Gasteiger partial charge in [-0.25, -0.2) is 4.39 Å². The van der Waals surface area contributed by atoms with Gasteiger partial charge in [0.25, 0.3) is 5.56 Å². The van der Waals surface area contributed by atoms with Crippen LogP contribution < -0.4 is 25.2 Å². The molecule has 172 valence electrons. The molecule has 0 bridgehead atoms. The van der Waals surface area contributed by atoms with Crippen LogP contribution in [0.15, 0.2) is 59.4 Å². The smallest absolute Gasteiger partial charge is 0.271 e. The van der Waals surface area contributed by atoms with Crippen LogP contribution in [0.2, 0.25) is 0 Å². The third kappa shape index (κ3) is 4.97. The Bertz CT molecular complexity index is 1200. The van der Waals surface area contributed by atoms with E-state index in [1.165, 1.54) is 35.0 Å². The van der Waals surface area contributed by atoms with E-state index in [4.69, 9.17) is 9.47 Å². The molecule has 1 aliphatic rings. The van der Waals surface area contributed by atoms with E-state index in [0.717, 1.165) is 19.4 Å². The lowest BCUT2D eigenvalue weighted by Crippen LogP contribution is -2.41. The summed E-state index contributed by atoms with van der Waals surface area (Å²) in [6.45, 7) is 1.18. The zero-order valence-electron chi connectivity index (χ0n) is 18.5. The molecule has 0 unspecified atom stereocenters. The topological polar surface area (TPSA) is 85.7 Å². The molecule has 0 aliphatic carbocycles. The summed E-state index contributed by atoms with van der Waals surface area (Å²) in [5, 5.41) is 7.41. The number of carbonyl (C=O) groups excluding carboxylic acids is 1. The highest BCUT2D eigenvalue weighted by Gasteiger charge is 2.27. The monoisotopic (exact) mass is 452 g/mol. The number of hydrogen-bond donors (Lipinski definition) is 1. The molecule has 0 spiro atoms. The van der Waals surface area contributed by atoms with E-state index in [9.17, 15) is 14.0 Å². The van der Waals surface area contributed by atoms with E-state index in [-0.39, 0.29) is 23.2 Å². The fourth-order valence-electron chi connectivity index (χ4n) is 3.89. The average molecular weight is 452 g/mol. The molecule has 0 radical (unpaired) electrons. The van der Waals surface area contributed by atoms with Gasteiger partial charge < -0.3 is 19.7 Å². The number of piperidine rings is 1. The van der Waals surface area contributed by atoms with Crippen molar-refractivity contribution >= 4 is 17.4 Å². The number of anilines is 2. The molecule has 9 heteroatoms. The predicted molar refractivity (Wildman–Crippen MR) is 123 cm³/mol. The molecule has 1 atom stereocenters. The Morgan fingerprint density at radius 1 is 1.06 bits per heavy atom. The van der Waals surface area contributed by atoms with Crippen LogP contribution in [-0.4, -0.2) is 43.0 Å². The van der Waals surface area contributed by atoms with Gasteiger partial charge in [0.2, 0.25) is 5.91 Å². The maximum absolute atomic E-state index is 13.3. The van der Waals surface area contributed by atoms with Crippen molar-refractivity contribution in [3.8, 4) is 17.2 Å². The van der Waals surface area contributed by atoms with Gasteiger partial charge in [-0.15, -0.1) is 5.10 Å². The summed E-state index contributed by atoms with van der Waals surface area (Å²) < 4.78 is 25.0. The van der Waals surface area contributed by atoms with E-state index in [1.807, 2.05) is 4.90 Å². The second-order valence-electron chi connectivity index (χ2n) is 7.76. The Morgan fingerprint density at radius 2 is 1.82 bits per heavy atom. The predicted octanol–water partition coefficient (Wildman–Crippen LogP) is 3.24. The summed E-state index contributed by atoms with van der Waals surface area (Å²) >= 11 is 0. The van der Waals surface area contributed by atoms with Crippen LogP contribution in [0.4, 0.5) is 15.9 Å². The first-order chi connectivity index (χ1) is 16.0. The van der Waals surface area contributed by atoms with Crippen molar-refractivity contribution < 1.29 is 18.7 Å². The van der Waals surface area contributed by atoms with E-state index in [1.54, 1.807) is 38.5 Å². The van der Waals surface area contributed by atoms with Crippen LogP contribution in [0.1, 0.15) is 12.8 Å². The fraction of sp³-hybridized carbons (Fsp3) is 0.292. The van der Waals surface area contributed by atoms with E-state index in [2.05, 4.69) is 10.4 Å². The lowest BCUT2D eigenvalue weighted by molar-refractivity contribution is -0.120. The lowest BCUT2D eigenvalue weighted by Gasteiger charge is -2.33. The Balaban J connectivity index is 1.49. The number of hydrogen-bond acceptors (Lipinski definition) is 6. The summed E-state index contributed by atoms with van der Waals surface area (Å²) in [4.78, 5) is 27.3. The molecule has 1 fully saturated rings. The van der Waals surface area contributed by atoms with Crippen LogP contribution >= 0.6 is 0 Å². The van der Waals surface area contributed by atoms with Gasteiger partial charge in [-0.3, -0.25) is 9.59 Å². The molecule has 1 aliphatic heterocycles. The molecule has 1 N–H and O–H groups in total. The molecule has 1 aromatic heterocycles. The first kappa shape index (κ1) is 22.3. The molecule has 33 heavy (non-hydrogen) atoms. The zero-order chi connectivity index (χ0) is 23.4. The summed E-state index contributed by atoms with van der Waals surface area (Å²) in [6, 6.07) is 13.9. The normalized spacial score (nSPS) is 15.7. The van der Waals surface area contributed by atoms with Gasteiger partial charge in [0.1, 0.15) is 11.6 Å². The lowest BCUT2D eigenvalue weighted by atomic mass is 9.97. The number of carbonyl (C=O) groups is 1. The van der Waals surface area contributed by atoms with Crippen molar-refractivity contribution in [2.75, 3.05) is 37.5 Å². The van der Waals surface area contributed by atoms with Crippen molar-refractivity contribution in [2.24, 2.45) is 5.92 Å². The van der Waals surface area contributed by atoms with Crippen LogP contribution in [0, 0.1) is 11.7 Å². The van der Waals surface area contributed by atoms with Crippen molar-refractivity contribution in [2.45, 2.75) is 12.8 Å². The van der Waals surface area contributed by atoms with Crippen LogP contribution in [0.25, 0.3) is 5.69 Å². The Labute approximate surface area is 190 Å². The Kier molecular flexibility index (Phi) is 6.58. The summed E-state index contributed by atoms with van der Waals surface area (Å²) in [7, 11) is 3.10. The highest BCUT2D eigenvalue weighted by Crippen LogP contribution is 2.30. The number of aromatic nitrogens is 2. The third-order valence-electron chi connectivity index (χ3n) is 5.62. The second-order valence-corrected chi connectivity index (χ2v) is 7.76. The minimum atomic E-state index is -0.387. The van der Waals surface area contributed by atoms with Gasteiger partial charge in [0.15, 0.2) is 11.5 Å². The SMILES string of the molecule is COc1ccc(NC(=O)[C@H]2CCCN(c3ccc(=O)n(-c4ccc(F)cc4)n3)C2)cc1OC. The number of halogens is 1. The Hall–Kier alpha value is -3.88. The quantitative estimate of drug-likeness (QED) is 0.618. The van der Waals surface area contributed by atoms with Gasteiger partial charge in [-0.2, -0.15) is 4.68 Å². The molecule has 3 aromatic rings. The fourth-order valence-corrected chi connectivity index (χ4v) is 3.89. The van der Waals surface area contributed by atoms with Gasteiger partial charge >= 0.3 is 0 Å². The summed E-state index contributed by atoms with van der Waals surface area (Å²) in [6.07, 6.45) is 1.55. The second kappa shape index (κ2) is 9.72. The number of rotatable bonds is 6. The van der Waals surface area contributed by atoms with Crippen LogP contribution in [0.5, 0.6) is 11.5 Å².